The lowest BCUT2D eigenvalue weighted by atomic mass is 10.2. The van der Waals surface area contributed by atoms with Crippen LogP contribution in [0.2, 0.25) is 0 Å². The molecule has 1 atom stereocenters. The summed E-state index contributed by atoms with van der Waals surface area (Å²) in [5.74, 6) is 0.821. The van der Waals surface area contributed by atoms with E-state index in [0.717, 1.165) is 31.6 Å². The Labute approximate surface area is 96.2 Å². The Morgan fingerprint density at radius 3 is 2.81 bits per heavy atom. The van der Waals surface area contributed by atoms with Crippen molar-refractivity contribution in [2.45, 2.75) is 45.8 Å². The third kappa shape index (κ3) is 3.53. The van der Waals surface area contributed by atoms with Crippen molar-refractivity contribution in [3.05, 3.63) is 5.82 Å². The first-order valence-electron chi connectivity index (χ1n) is 5.91. The van der Waals surface area contributed by atoms with Crippen molar-refractivity contribution < 1.29 is 4.74 Å². The molecule has 0 saturated carbocycles. The van der Waals surface area contributed by atoms with E-state index in [-0.39, 0.29) is 6.10 Å². The summed E-state index contributed by atoms with van der Waals surface area (Å²) in [6.45, 7) is 6.24. The number of rotatable bonds is 8. The highest BCUT2D eigenvalue weighted by Gasteiger charge is 2.16. The van der Waals surface area contributed by atoms with E-state index < -0.39 is 0 Å². The summed E-state index contributed by atoms with van der Waals surface area (Å²) in [6, 6.07) is 0. The molecule has 0 saturated heterocycles. The number of nitrogens with two attached hydrogens (primary N) is 1. The molecule has 1 rings (SSSR count). The summed E-state index contributed by atoms with van der Waals surface area (Å²) >= 11 is 0. The molecule has 16 heavy (non-hydrogen) atoms. The Morgan fingerprint density at radius 2 is 2.19 bits per heavy atom. The molecule has 6 heteroatoms. The highest BCUT2D eigenvalue weighted by Crippen LogP contribution is 2.17. The van der Waals surface area contributed by atoms with Crippen molar-refractivity contribution in [3.8, 4) is 0 Å². The zero-order valence-corrected chi connectivity index (χ0v) is 10.1. The normalized spacial score (nSPS) is 12.9. The topological polar surface area (TPSA) is 78.9 Å². The molecule has 2 N–H and O–H groups in total. The van der Waals surface area contributed by atoms with Gasteiger partial charge in [0.25, 0.3) is 0 Å². The summed E-state index contributed by atoms with van der Waals surface area (Å²) < 4.78 is 7.41. The Balaban J connectivity index is 2.60. The second kappa shape index (κ2) is 7.29. The van der Waals surface area contributed by atoms with E-state index >= 15 is 0 Å². The van der Waals surface area contributed by atoms with Crippen LogP contribution in [0.15, 0.2) is 0 Å². The molecule has 92 valence electrons. The first-order chi connectivity index (χ1) is 7.83. The van der Waals surface area contributed by atoms with Gasteiger partial charge in [-0.05, 0) is 43.2 Å². The number of ether oxygens (including phenoxy) is 1. The van der Waals surface area contributed by atoms with E-state index in [4.69, 9.17) is 10.5 Å². The van der Waals surface area contributed by atoms with Gasteiger partial charge in [0.2, 0.25) is 0 Å². The predicted octanol–water partition coefficient (Wildman–Crippen LogP) is 0.900. The van der Waals surface area contributed by atoms with Crippen molar-refractivity contribution in [2.24, 2.45) is 5.73 Å². The molecule has 0 aliphatic rings. The number of aryl methyl sites for hydroxylation is 1. The molecule has 1 aromatic heterocycles. The van der Waals surface area contributed by atoms with E-state index in [9.17, 15) is 0 Å². The number of aromatic nitrogens is 4. The van der Waals surface area contributed by atoms with Crippen LogP contribution in [0.4, 0.5) is 0 Å². The Morgan fingerprint density at radius 1 is 1.38 bits per heavy atom. The van der Waals surface area contributed by atoms with Gasteiger partial charge >= 0.3 is 0 Å². The second-order valence-electron chi connectivity index (χ2n) is 3.61. The van der Waals surface area contributed by atoms with Crippen molar-refractivity contribution in [3.63, 3.8) is 0 Å². The molecule has 0 amide bonds. The quantitative estimate of drug-likeness (QED) is 0.667. The zero-order valence-electron chi connectivity index (χ0n) is 10.1. The van der Waals surface area contributed by atoms with Gasteiger partial charge in [0.05, 0.1) is 0 Å². The van der Waals surface area contributed by atoms with Gasteiger partial charge in [-0.2, -0.15) is 0 Å². The Bertz CT molecular complexity index is 288. The van der Waals surface area contributed by atoms with E-state index in [0.29, 0.717) is 13.2 Å². The minimum atomic E-state index is -0.00197. The smallest absolute Gasteiger partial charge is 0.180 e. The van der Waals surface area contributed by atoms with Crippen LogP contribution in [0.3, 0.4) is 0 Å². The van der Waals surface area contributed by atoms with Crippen molar-refractivity contribution in [1.29, 1.82) is 0 Å². The molecule has 0 aliphatic heterocycles. The fourth-order valence-electron chi connectivity index (χ4n) is 1.58. The first-order valence-corrected chi connectivity index (χ1v) is 5.91. The maximum atomic E-state index is 5.59. The number of tetrazole rings is 1. The van der Waals surface area contributed by atoms with Gasteiger partial charge in [-0.1, -0.05) is 6.92 Å². The average molecular weight is 227 g/mol. The monoisotopic (exact) mass is 227 g/mol. The third-order valence-corrected chi connectivity index (χ3v) is 2.41. The van der Waals surface area contributed by atoms with E-state index in [1.807, 2.05) is 11.6 Å². The molecule has 0 aromatic carbocycles. The van der Waals surface area contributed by atoms with E-state index in [2.05, 4.69) is 22.4 Å². The van der Waals surface area contributed by atoms with Gasteiger partial charge in [-0.15, -0.1) is 5.10 Å². The van der Waals surface area contributed by atoms with Crippen molar-refractivity contribution in [1.82, 2.24) is 20.2 Å². The Hall–Kier alpha value is -1.01. The highest BCUT2D eigenvalue weighted by molar-refractivity contribution is 4.87. The third-order valence-electron chi connectivity index (χ3n) is 2.41. The van der Waals surface area contributed by atoms with Crippen LogP contribution in [0.5, 0.6) is 0 Å². The van der Waals surface area contributed by atoms with Gasteiger partial charge in [0, 0.05) is 13.2 Å². The van der Waals surface area contributed by atoms with Crippen molar-refractivity contribution >= 4 is 0 Å². The summed E-state index contributed by atoms with van der Waals surface area (Å²) in [5.41, 5.74) is 5.45. The van der Waals surface area contributed by atoms with Crippen LogP contribution in [0, 0.1) is 0 Å². The van der Waals surface area contributed by atoms with Gasteiger partial charge in [0.15, 0.2) is 5.82 Å². The van der Waals surface area contributed by atoms with Crippen molar-refractivity contribution in [2.75, 3.05) is 13.2 Å². The van der Waals surface area contributed by atoms with Crippen LogP contribution in [0.1, 0.15) is 45.0 Å². The lowest BCUT2D eigenvalue weighted by Gasteiger charge is -2.14. The van der Waals surface area contributed by atoms with E-state index in [1.54, 1.807) is 0 Å². The SMILES string of the molecule is CCOC(CC)c1nnnn1CCCCN. The van der Waals surface area contributed by atoms with Gasteiger partial charge < -0.3 is 10.5 Å². The molecule has 0 aliphatic carbocycles. The molecule has 6 nitrogen and oxygen atoms in total. The maximum absolute atomic E-state index is 5.59. The summed E-state index contributed by atoms with van der Waals surface area (Å²) in [7, 11) is 0. The second-order valence-corrected chi connectivity index (χ2v) is 3.61. The van der Waals surface area contributed by atoms with Gasteiger partial charge in [-0.3, -0.25) is 0 Å². The predicted molar refractivity (Wildman–Crippen MR) is 60.8 cm³/mol. The molecule has 0 radical (unpaired) electrons. The van der Waals surface area contributed by atoms with E-state index in [1.165, 1.54) is 0 Å². The minimum Gasteiger partial charge on any atom is -0.370 e. The van der Waals surface area contributed by atoms with Crippen LogP contribution >= 0.6 is 0 Å². The van der Waals surface area contributed by atoms with Gasteiger partial charge in [-0.25, -0.2) is 4.68 Å². The molecular formula is C10H21N5O. The maximum Gasteiger partial charge on any atom is 0.180 e. The molecule has 1 heterocycles. The number of hydrogen-bond acceptors (Lipinski definition) is 5. The van der Waals surface area contributed by atoms with Crippen LogP contribution in [0.25, 0.3) is 0 Å². The zero-order chi connectivity index (χ0) is 11.8. The highest BCUT2D eigenvalue weighted by atomic mass is 16.5. The molecule has 0 fully saturated rings. The minimum absolute atomic E-state index is 0.00197. The average Bonchev–Trinajstić information content (AvgIpc) is 2.74. The number of nitrogens with zero attached hydrogens (tertiary/aromatic N) is 4. The number of unbranched alkanes of at least 4 members (excludes halogenated alkanes) is 1. The number of hydrogen-bond donors (Lipinski definition) is 1. The summed E-state index contributed by atoms with van der Waals surface area (Å²) in [4.78, 5) is 0. The fourth-order valence-corrected chi connectivity index (χ4v) is 1.58. The fraction of sp³-hybridized carbons (Fsp3) is 0.900. The molecule has 1 unspecified atom stereocenters. The van der Waals surface area contributed by atoms with Crippen LogP contribution in [-0.2, 0) is 11.3 Å². The first kappa shape index (κ1) is 13.1. The lowest BCUT2D eigenvalue weighted by molar-refractivity contribution is 0.0498. The Kier molecular flexibility index (Phi) is 5.95. The molecule has 0 bridgehead atoms. The summed E-state index contributed by atoms with van der Waals surface area (Å²) in [5, 5.41) is 11.7. The molecular weight excluding hydrogens is 206 g/mol. The van der Waals surface area contributed by atoms with Crippen LogP contribution in [-0.4, -0.2) is 33.4 Å². The largest absolute Gasteiger partial charge is 0.370 e. The summed E-state index contributed by atoms with van der Waals surface area (Å²) in [6.07, 6.45) is 2.87. The van der Waals surface area contributed by atoms with Gasteiger partial charge in [0.1, 0.15) is 6.10 Å². The lowest BCUT2D eigenvalue weighted by Crippen LogP contribution is -2.13. The standard InChI is InChI=1S/C10H21N5O/c1-3-9(16-4-2)10-12-13-14-15(10)8-6-5-7-11/h9H,3-8,11H2,1-2H3. The molecule has 0 spiro atoms. The van der Waals surface area contributed by atoms with Crippen LogP contribution < -0.4 is 5.73 Å². The molecule has 1 aromatic rings.